The van der Waals surface area contributed by atoms with Gasteiger partial charge in [0.25, 0.3) is 5.91 Å². The van der Waals surface area contributed by atoms with Crippen LogP contribution in [0.5, 0.6) is 5.75 Å². The second-order valence-electron chi connectivity index (χ2n) is 5.24. The van der Waals surface area contributed by atoms with Crippen molar-refractivity contribution in [3.8, 4) is 5.75 Å². The van der Waals surface area contributed by atoms with E-state index in [1.54, 1.807) is 30.1 Å². The molecule has 1 amide bonds. The standard InChI is InChI=1S/C12H19NO2Si/c1-13(9-16(2,3)4)12(15)10-7-5-6-8-11(10)14/h5-8,14H,9H2,1-4H3. The summed E-state index contributed by atoms with van der Waals surface area (Å²) in [6.07, 6.45) is 0.792. The maximum absolute atomic E-state index is 12.0. The Labute approximate surface area is 97.7 Å². The van der Waals surface area contributed by atoms with E-state index in [4.69, 9.17) is 0 Å². The predicted octanol–water partition coefficient (Wildman–Crippen LogP) is 2.34. The van der Waals surface area contributed by atoms with Crippen LogP contribution < -0.4 is 0 Å². The number of hydrogen-bond donors (Lipinski definition) is 1. The molecule has 1 N–H and O–H groups in total. The van der Waals surface area contributed by atoms with Crippen LogP contribution >= 0.6 is 0 Å². The van der Waals surface area contributed by atoms with E-state index in [0.717, 1.165) is 6.17 Å². The van der Waals surface area contributed by atoms with Gasteiger partial charge in [-0.25, -0.2) is 0 Å². The maximum atomic E-state index is 12.0. The van der Waals surface area contributed by atoms with Crippen molar-refractivity contribution in [2.75, 3.05) is 13.2 Å². The molecule has 0 aliphatic rings. The summed E-state index contributed by atoms with van der Waals surface area (Å²) in [7, 11) is 0.475. The summed E-state index contributed by atoms with van der Waals surface area (Å²) in [6, 6.07) is 6.66. The van der Waals surface area contributed by atoms with Crippen molar-refractivity contribution in [1.29, 1.82) is 0 Å². The maximum Gasteiger partial charge on any atom is 0.257 e. The van der Waals surface area contributed by atoms with E-state index in [9.17, 15) is 9.90 Å². The highest BCUT2D eigenvalue weighted by Gasteiger charge is 2.21. The Morgan fingerprint density at radius 1 is 1.31 bits per heavy atom. The molecule has 0 bridgehead atoms. The van der Waals surface area contributed by atoms with Crippen molar-refractivity contribution in [1.82, 2.24) is 4.90 Å². The molecule has 0 aliphatic heterocycles. The quantitative estimate of drug-likeness (QED) is 0.820. The first-order valence-electron chi connectivity index (χ1n) is 5.35. The molecular formula is C12H19NO2Si. The molecule has 0 atom stereocenters. The van der Waals surface area contributed by atoms with E-state index in [2.05, 4.69) is 19.6 Å². The van der Waals surface area contributed by atoms with E-state index in [1.807, 2.05) is 0 Å². The topological polar surface area (TPSA) is 40.5 Å². The average molecular weight is 237 g/mol. The molecule has 16 heavy (non-hydrogen) atoms. The summed E-state index contributed by atoms with van der Waals surface area (Å²) in [5.74, 6) is -0.0598. The van der Waals surface area contributed by atoms with Crippen LogP contribution in [-0.4, -0.2) is 37.2 Å². The second-order valence-corrected chi connectivity index (χ2v) is 10.7. The van der Waals surface area contributed by atoms with E-state index < -0.39 is 8.07 Å². The van der Waals surface area contributed by atoms with Crippen LogP contribution in [0.3, 0.4) is 0 Å². The number of hydrogen-bond acceptors (Lipinski definition) is 2. The molecule has 0 saturated carbocycles. The number of phenols is 1. The number of para-hydroxylation sites is 1. The number of amides is 1. The van der Waals surface area contributed by atoms with Crippen LogP contribution in [0.25, 0.3) is 0 Å². The molecule has 1 aromatic rings. The van der Waals surface area contributed by atoms with Gasteiger partial charge in [0.1, 0.15) is 5.75 Å². The molecule has 4 heteroatoms. The van der Waals surface area contributed by atoms with Crippen molar-refractivity contribution in [3.05, 3.63) is 29.8 Å². The van der Waals surface area contributed by atoms with Gasteiger partial charge in [0.2, 0.25) is 0 Å². The molecule has 0 spiro atoms. The van der Waals surface area contributed by atoms with Gasteiger partial charge in [-0.15, -0.1) is 0 Å². The molecule has 0 saturated heterocycles. The molecule has 0 aliphatic carbocycles. The normalized spacial score (nSPS) is 11.2. The predicted molar refractivity (Wildman–Crippen MR) is 68.4 cm³/mol. The minimum Gasteiger partial charge on any atom is -0.507 e. The van der Waals surface area contributed by atoms with Crippen molar-refractivity contribution in [3.63, 3.8) is 0 Å². The second kappa shape index (κ2) is 4.70. The van der Waals surface area contributed by atoms with Crippen molar-refractivity contribution >= 4 is 14.0 Å². The first kappa shape index (κ1) is 12.8. The van der Waals surface area contributed by atoms with Gasteiger partial charge in [-0.3, -0.25) is 4.79 Å². The van der Waals surface area contributed by atoms with Crippen LogP contribution in [0.4, 0.5) is 0 Å². The fourth-order valence-electron chi connectivity index (χ4n) is 1.64. The molecule has 0 unspecified atom stereocenters. The molecule has 3 nitrogen and oxygen atoms in total. The minimum absolute atomic E-state index is 0.0509. The van der Waals surface area contributed by atoms with Gasteiger partial charge in [0.05, 0.1) is 13.6 Å². The van der Waals surface area contributed by atoms with Gasteiger partial charge in [0.15, 0.2) is 0 Å². The third-order valence-electron chi connectivity index (χ3n) is 2.19. The molecule has 0 heterocycles. The highest BCUT2D eigenvalue weighted by molar-refractivity contribution is 6.76. The lowest BCUT2D eigenvalue weighted by molar-refractivity contribution is 0.0812. The molecule has 1 aromatic carbocycles. The smallest absolute Gasteiger partial charge is 0.257 e. The highest BCUT2D eigenvalue weighted by atomic mass is 28.3. The van der Waals surface area contributed by atoms with Gasteiger partial charge >= 0.3 is 0 Å². The Hall–Kier alpha value is -1.29. The Kier molecular flexibility index (Phi) is 3.75. The lowest BCUT2D eigenvalue weighted by Gasteiger charge is -2.25. The summed E-state index contributed by atoms with van der Waals surface area (Å²) in [4.78, 5) is 13.7. The van der Waals surface area contributed by atoms with E-state index in [1.165, 1.54) is 6.07 Å². The third kappa shape index (κ3) is 3.38. The van der Waals surface area contributed by atoms with Crippen LogP contribution in [0.1, 0.15) is 10.4 Å². The van der Waals surface area contributed by atoms with Crippen LogP contribution in [-0.2, 0) is 0 Å². The zero-order chi connectivity index (χ0) is 12.3. The van der Waals surface area contributed by atoms with Gasteiger partial charge in [-0.2, -0.15) is 0 Å². The molecule has 0 radical (unpaired) electrons. The van der Waals surface area contributed by atoms with Crippen molar-refractivity contribution in [2.24, 2.45) is 0 Å². The first-order valence-corrected chi connectivity index (χ1v) is 9.05. The van der Waals surface area contributed by atoms with Gasteiger partial charge in [0, 0.05) is 13.2 Å². The minimum atomic E-state index is -1.31. The Balaban J connectivity index is 2.83. The van der Waals surface area contributed by atoms with E-state index in [0.29, 0.717) is 5.56 Å². The molecule has 0 aromatic heterocycles. The van der Waals surface area contributed by atoms with Crippen LogP contribution in [0.15, 0.2) is 24.3 Å². The Bertz CT molecular complexity index is 385. The molecule has 0 fully saturated rings. The van der Waals surface area contributed by atoms with Gasteiger partial charge in [-0.1, -0.05) is 31.8 Å². The fourth-order valence-corrected chi connectivity index (χ4v) is 3.21. The van der Waals surface area contributed by atoms with E-state index in [-0.39, 0.29) is 11.7 Å². The number of carbonyl (C=O) groups is 1. The molecule has 1 rings (SSSR count). The SMILES string of the molecule is CN(C[Si](C)(C)C)C(=O)c1ccccc1O. The monoisotopic (exact) mass is 237 g/mol. The summed E-state index contributed by atoms with van der Waals surface area (Å²) >= 11 is 0. The molecular weight excluding hydrogens is 218 g/mol. The number of rotatable bonds is 3. The summed E-state index contributed by atoms with van der Waals surface area (Å²) in [5, 5.41) is 9.59. The van der Waals surface area contributed by atoms with E-state index >= 15 is 0 Å². The number of carbonyl (C=O) groups excluding carboxylic acids is 1. The number of phenolic OH excluding ortho intramolecular Hbond substituents is 1. The molecule has 88 valence electrons. The zero-order valence-electron chi connectivity index (χ0n) is 10.3. The Morgan fingerprint density at radius 2 is 1.88 bits per heavy atom. The zero-order valence-corrected chi connectivity index (χ0v) is 11.3. The van der Waals surface area contributed by atoms with Gasteiger partial charge < -0.3 is 10.0 Å². The number of benzene rings is 1. The first-order chi connectivity index (χ1) is 7.31. The largest absolute Gasteiger partial charge is 0.507 e. The summed E-state index contributed by atoms with van der Waals surface area (Å²) in [5.41, 5.74) is 0.378. The van der Waals surface area contributed by atoms with Crippen LogP contribution in [0, 0.1) is 0 Å². The van der Waals surface area contributed by atoms with Crippen molar-refractivity contribution in [2.45, 2.75) is 19.6 Å². The Morgan fingerprint density at radius 3 is 2.38 bits per heavy atom. The lowest BCUT2D eigenvalue weighted by Crippen LogP contribution is -2.41. The third-order valence-corrected chi connectivity index (χ3v) is 3.62. The summed E-state index contributed by atoms with van der Waals surface area (Å²) < 4.78 is 0. The number of aromatic hydroxyl groups is 1. The van der Waals surface area contributed by atoms with Crippen molar-refractivity contribution < 1.29 is 9.90 Å². The van der Waals surface area contributed by atoms with Crippen LogP contribution in [0.2, 0.25) is 19.6 Å². The average Bonchev–Trinajstić information content (AvgIpc) is 2.15. The highest BCUT2D eigenvalue weighted by Crippen LogP contribution is 2.18. The lowest BCUT2D eigenvalue weighted by atomic mass is 10.2. The fraction of sp³-hybridized carbons (Fsp3) is 0.417. The van der Waals surface area contributed by atoms with Gasteiger partial charge in [-0.05, 0) is 12.1 Å². The summed E-state index contributed by atoms with van der Waals surface area (Å²) in [6.45, 7) is 6.63. The number of nitrogens with zero attached hydrogens (tertiary/aromatic N) is 1.